The predicted molar refractivity (Wildman–Crippen MR) is 101 cm³/mol. The second-order valence-corrected chi connectivity index (χ2v) is 6.48. The maximum absolute atomic E-state index is 12.5. The summed E-state index contributed by atoms with van der Waals surface area (Å²) < 4.78 is 5.78. The normalized spacial score (nSPS) is 14.7. The molecule has 4 rings (SSSR count). The van der Waals surface area contributed by atoms with Crippen LogP contribution in [-0.4, -0.2) is 38.8 Å². The Morgan fingerprint density at radius 3 is 2.52 bits per heavy atom. The Kier molecular flexibility index (Phi) is 5.05. The topological polar surface area (TPSA) is 68.2 Å². The van der Waals surface area contributed by atoms with Crippen LogP contribution in [0.15, 0.2) is 67.1 Å². The minimum absolute atomic E-state index is 0.0127. The quantitative estimate of drug-likeness (QED) is 0.710. The van der Waals surface area contributed by atoms with Gasteiger partial charge in [-0.05, 0) is 37.1 Å². The molecule has 0 bridgehead atoms. The number of benzene rings is 1. The van der Waals surface area contributed by atoms with Crippen molar-refractivity contribution in [3.63, 3.8) is 0 Å². The number of hydrogen-bond acceptors (Lipinski definition) is 5. The molecule has 3 heterocycles. The Hall–Kier alpha value is -3.28. The van der Waals surface area contributed by atoms with Crippen LogP contribution < -0.4 is 4.74 Å². The highest BCUT2D eigenvalue weighted by Crippen LogP contribution is 2.28. The number of carbonyl (C=O) groups excluding carboxylic acids is 1. The number of piperidine rings is 1. The summed E-state index contributed by atoms with van der Waals surface area (Å²) in [6, 6.07) is 14.9. The first-order valence-corrected chi connectivity index (χ1v) is 9.05. The van der Waals surface area contributed by atoms with Gasteiger partial charge in [0.1, 0.15) is 11.4 Å². The molecule has 0 spiro atoms. The lowest BCUT2D eigenvalue weighted by Gasteiger charge is -2.31. The monoisotopic (exact) mass is 360 g/mol. The van der Waals surface area contributed by atoms with Gasteiger partial charge in [0, 0.05) is 31.4 Å². The second-order valence-electron chi connectivity index (χ2n) is 6.48. The lowest BCUT2D eigenvalue weighted by atomic mass is 9.93. The van der Waals surface area contributed by atoms with Crippen molar-refractivity contribution >= 4 is 5.91 Å². The molecule has 0 unspecified atom stereocenters. The largest absolute Gasteiger partial charge is 0.437 e. The molecule has 0 radical (unpaired) electrons. The van der Waals surface area contributed by atoms with Gasteiger partial charge >= 0.3 is 0 Å². The number of hydrogen-bond donors (Lipinski definition) is 0. The minimum atomic E-state index is -0.0127. The third-order valence-electron chi connectivity index (χ3n) is 4.68. The molecule has 6 heteroatoms. The number of amides is 1. The second kappa shape index (κ2) is 7.95. The minimum Gasteiger partial charge on any atom is -0.437 e. The summed E-state index contributed by atoms with van der Waals surface area (Å²) in [7, 11) is 0. The van der Waals surface area contributed by atoms with Gasteiger partial charge < -0.3 is 9.64 Å². The molecule has 2 aromatic heterocycles. The smallest absolute Gasteiger partial charge is 0.272 e. The maximum atomic E-state index is 12.5. The lowest BCUT2D eigenvalue weighted by Crippen LogP contribution is -2.38. The maximum Gasteiger partial charge on any atom is 0.272 e. The zero-order chi connectivity index (χ0) is 18.5. The first-order chi connectivity index (χ1) is 13.3. The van der Waals surface area contributed by atoms with Gasteiger partial charge in [-0.25, -0.2) is 4.98 Å². The van der Waals surface area contributed by atoms with Crippen LogP contribution in [0.4, 0.5) is 0 Å². The SMILES string of the molecule is O=C(c1ccccn1)N1CCC(c2cncc(Oc3ccccc3)n2)CC1. The highest BCUT2D eigenvalue weighted by molar-refractivity contribution is 5.92. The first kappa shape index (κ1) is 17.1. The van der Waals surface area contributed by atoms with Crippen molar-refractivity contribution in [1.29, 1.82) is 0 Å². The molecule has 0 atom stereocenters. The van der Waals surface area contributed by atoms with E-state index in [0.717, 1.165) is 24.3 Å². The number of aromatic nitrogens is 3. The molecule has 1 aromatic carbocycles. The van der Waals surface area contributed by atoms with Crippen molar-refractivity contribution in [1.82, 2.24) is 19.9 Å². The van der Waals surface area contributed by atoms with Crippen molar-refractivity contribution in [2.24, 2.45) is 0 Å². The van der Waals surface area contributed by atoms with E-state index < -0.39 is 0 Å². The van der Waals surface area contributed by atoms with E-state index in [1.165, 1.54) is 0 Å². The average Bonchev–Trinajstić information content (AvgIpc) is 2.75. The Labute approximate surface area is 157 Å². The summed E-state index contributed by atoms with van der Waals surface area (Å²) in [5.74, 6) is 1.48. The fourth-order valence-corrected chi connectivity index (χ4v) is 3.25. The Morgan fingerprint density at radius 1 is 1.00 bits per heavy atom. The van der Waals surface area contributed by atoms with Gasteiger partial charge in [-0.15, -0.1) is 0 Å². The zero-order valence-corrected chi connectivity index (χ0v) is 14.9. The number of ether oxygens (including phenoxy) is 1. The van der Waals surface area contributed by atoms with Gasteiger partial charge in [-0.2, -0.15) is 0 Å². The van der Waals surface area contributed by atoms with E-state index in [0.29, 0.717) is 24.7 Å². The van der Waals surface area contributed by atoms with E-state index >= 15 is 0 Å². The summed E-state index contributed by atoms with van der Waals surface area (Å²) in [5, 5.41) is 0. The Balaban J connectivity index is 1.40. The molecule has 1 aliphatic rings. The summed E-state index contributed by atoms with van der Waals surface area (Å²) in [6.07, 6.45) is 6.76. The van der Waals surface area contributed by atoms with Crippen LogP contribution >= 0.6 is 0 Å². The average molecular weight is 360 g/mol. The zero-order valence-electron chi connectivity index (χ0n) is 14.9. The number of para-hydroxylation sites is 1. The summed E-state index contributed by atoms with van der Waals surface area (Å²) in [5.41, 5.74) is 1.40. The van der Waals surface area contributed by atoms with E-state index in [1.54, 1.807) is 24.7 Å². The highest BCUT2D eigenvalue weighted by Gasteiger charge is 2.26. The summed E-state index contributed by atoms with van der Waals surface area (Å²) in [4.78, 5) is 27.4. The van der Waals surface area contributed by atoms with E-state index in [-0.39, 0.29) is 11.8 Å². The number of carbonyl (C=O) groups is 1. The third-order valence-corrected chi connectivity index (χ3v) is 4.68. The molecule has 1 fully saturated rings. The number of pyridine rings is 1. The highest BCUT2D eigenvalue weighted by atomic mass is 16.5. The summed E-state index contributed by atoms with van der Waals surface area (Å²) >= 11 is 0. The molecule has 0 N–H and O–H groups in total. The molecule has 6 nitrogen and oxygen atoms in total. The standard InChI is InChI=1S/C21H20N4O2/c26-21(18-8-4-5-11-23-18)25-12-9-16(10-13-25)19-14-22-15-20(24-19)27-17-6-2-1-3-7-17/h1-8,11,14-16H,9-10,12-13H2. The van der Waals surface area contributed by atoms with Gasteiger partial charge in [0.05, 0.1) is 11.9 Å². The van der Waals surface area contributed by atoms with Crippen molar-refractivity contribution in [3.05, 3.63) is 78.5 Å². The van der Waals surface area contributed by atoms with Crippen LogP contribution in [0.3, 0.4) is 0 Å². The Morgan fingerprint density at radius 2 is 1.78 bits per heavy atom. The van der Waals surface area contributed by atoms with Crippen molar-refractivity contribution in [2.75, 3.05) is 13.1 Å². The van der Waals surface area contributed by atoms with Crippen molar-refractivity contribution < 1.29 is 9.53 Å². The molecule has 27 heavy (non-hydrogen) atoms. The van der Waals surface area contributed by atoms with E-state index in [1.807, 2.05) is 47.4 Å². The molecule has 0 saturated carbocycles. The van der Waals surface area contributed by atoms with Crippen LogP contribution in [0.2, 0.25) is 0 Å². The summed E-state index contributed by atoms with van der Waals surface area (Å²) in [6.45, 7) is 1.37. The molecule has 1 saturated heterocycles. The van der Waals surface area contributed by atoms with Gasteiger partial charge in [0.25, 0.3) is 5.91 Å². The van der Waals surface area contributed by atoms with Crippen LogP contribution in [0.25, 0.3) is 0 Å². The molecule has 0 aliphatic carbocycles. The lowest BCUT2D eigenvalue weighted by molar-refractivity contribution is 0.0706. The van der Waals surface area contributed by atoms with E-state index in [9.17, 15) is 4.79 Å². The van der Waals surface area contributed by atoms with Gasteiger partial charge in [-0.1, -0.05) is 24.3 Å². The molecule has 3 aromatic rings. The van der Waals surface area contributed by atoms with Crippen LogP contribution in [0.5, 0.6) is 11.6 Å². The molecular weight excluding hydrogens is 340 g/mol. The number of likely N-dealkylation sites (tertiary alicyclic amines) is 1. The van der Waals surface area contributed by atoms with Gasteiger partial charge in [-0.3, -0.25) is 14.8 Å². The molecule has 1 amide bonds. The number of nitrogens with zero attached hydrogens (tertiary/aromatic N) is 4. The van der Waals surface area contributed by atoms with Crippen LogP contribution in [-0.2, 0) is 0 Å². The predicted octanol–water partition coefficient (Wildman–Crippen LogP) is 3.68. The van der Waals surface area contributed by atoms with Gasteiger partial charge in [0.15, 0.2) is 0 Å². The van der Waals surface area contributed by atoms with E-state index in [2.05, 4.69) is 15.0 Å². The fraction of sp³-hybridized carbons (Fsp3) is 0.238. The van der Waals surface area contributed by atoms with Crippen LogP contribution in [0, 0.1) is 0 Å². The van der Waals surface area contributed by atoms with E-state index in [4.69, 9.17) is 4.74 Å². The third kappa shape index (κ3) is 4.11. The van der Waals surface area contributed by atoms with Crippen molar-refractivity contribution in [2.45, 2.75) is 18.8 Å². The number of rotatable bonds is 4. The first-order valence-electron chi connectivity index (χ1n) is 9.05. The Bertz CT molecular complexity index is 894. The van der Waals surface area contributed by atoms with Gasteiger partial charge in [0.2, 0.25) is 5.88 Å². The van der Waals surface area contributed by atoms with Crippen molar-refractivity contribution in [3.8, 4) is 11.6 Å². The molecular formula is C21H20N4O2. The fourth-order valence-electron chi connectivity index (χ4n) is 3.25. The molecule has 136 valence electrons. The molecule has 1 aliphatic heterocycles. The van der Waals surface area contributed by atoms with Crippen LogP contribution in [0.1, 0.15) is 34.9 Å².